The number of unbranched alkanes of at least 4 members (excludes halogenated alkanes) is 1. The maximum atomic E-state index is 7.50. The molecule has 0 unspecified atom stereocenters. The van der Waals surface area contributed by atoms with E-state index >= 15 is 0 Å². The third-order valence-electron chi connectivity index (χ3n) is 0.758. The number of nitrogens with one attached hydrogen (secondary N) is 1. The van der Waals surface area contributed by atoms with Crippen molar-refractivity contribution >= 4 is 4.52 Å². The molecular formula is C10H11MoNO5. The Morgan fingerprint density at radius 1 is 0.882 bits per heavy atom. The van der Waals surface area contributed by atoms with Gasteiger partial charge in [-0.2, -0.15) is 0 Å². The van der Waals surface area contributed by atoms with Crippen molar-refractivity contribution in [3.05, 3.63) is 33.3 Å². The van der Waals surface area contributed by atoms with Crippen LogP contribution < -0.4 is 5.32 Å². The summed E-state index contributed by atoms with van der Waals surface area (Å²) in [6.07, 6.45) is 2.56. The van der Waals surface area contributed by atoms with E-state index in [4.69, 9.17) is 23.3 Å². The zero-order chi connectivity index (χ0) is 15.5. The summed E-state index contributed by atoms with van der Waals surface area (Å²) in [6.45, 7) is 25.8. The van der Waals surface area contributed by atoms with Gasteiger partial charge in [0.2, 0.25) is 0 Å². The molecule has 0 aromatic rings. The quantitative estimate of drug-likeness (QED) is 0.346. The van der Waals surface area contributed by atoms with Gasteiger partial charge in [0, 0.05) is 0 Å². The molecule has 0 aliphatic rings. The van der Waals surface area contributed by atoms with E-state index in [0.717, 1.165) is 6.54 Å². The van der Waals surface area contributed by atoms with Crippen molar-refractivity contribution in [2.24, 2.45) is 0 Å². The molecule has 92 valence electrons. The van der Waals surface area contributed by atoms with Crippen LogP contribution in [0.25, 0.3) is 0 Å². The Hall–Kier alpha value is -0.782. The first-order chi connectivity index (χ1) is 8.41. The van der Waals surface area contributed by atoms with Crippen molar-refractivity contribution in [2.75, 3.05) is 6.54 Å². The van der Waals surface area contributed by atoms with Gasteiger partial charge in [0.25, 0.3) is 0 Å². The van der Waals surface area contributed by atoms with E-state index in [9.17, 15) is 0 Å². The zero-order valence-corrected chi connectivity index (χ0v) is 11.2. The molecule has 6 nitrogen and oxygen atoms in total. The van der Waals surface area contributed by atoms with Crippen molar-refractivity contribution in [2.45, 2.75) is 19.8 Å². The molecule has 0 spiro atoms. The molecule has 0 atom stereocenters. The maximum absolute atomic E-state index is 7.50. The van der Waals surface area contributed by atoms with Gasteiger partial charge in [-0.1, -0.05) is 0 Å². The Bertz CT molecular complexity index is 160. The zero-order valence-electron chi connectivity index (χ0n) is 9.15. The summed E-state index contributed by atoms with van der Waals surface area (Å²) >= 11 is 1.95. The average molecular weight is 321 g/mol. The van der Waals surface area contributed by atoms with Crippen LogP contribution in [0, 0.1) is 33.3 Å². The normalized spacial score (nSPS) is 4.18. The van der Waals surface area contributed by atoms with Crippen molar-refractivity contribution in [3.8, 4) is 0 Å². The topological polar surface area (TPSA) is 112 Å². The molecule has 0 radical (unpaired) electrons. The minimum atomic E-state index is 1.13. The van der Waals surface area contributed by atoms with Gasteiger partial charge in [-0.05, 0) is 0 Å². The summed E-state index contributed by atoms with van der Waals surface area (Å²) in [5.41, 5.74) is 0. The summed E-state index contributed by atoms with van der Waals surface area (Å²) in [7, 11) is 0. The van der Waals surface area contributed by atoms with Crippen molar-refractivity contribution in [3.63, 3.8) is 0 Å². The Morgan fingerprint density at radius 3 is 1.35 bits per heavy atom. The van der Waals surface area contributed by atoms with Gasteiger partial charge in [-0.3, -0.25) is 0 Å². The standard InChI is InChI=1S/C5H11N.5CO.Mo/c1-3-4-5-6-2;5*1-2;/h2,6H,3-5H2,1H3;;;;;;. The third-order valence-corrected chi connectivity index (χ3v) is 1.17. The van der Waals surface area contributed by atoms with Crippen molar-refractivity contribution in [1.29, 1.82) is 0 Å². The van der Waals surface area contributed by atoms with E-state index in [1.807, 2.05) is 23.9 Å². The van der Waals surface area contributed by atoms with Gasteiger partial charge < -0.3 is 0 Å². The van der Waals surface area contributed by atoms with Gasteiger partial charge in [0.1, 0.15) is 0 Å². The van der Waals surface area contributed by atoms with Crippen LogP contribution in [0.3, 0.4) is 0 Å². The Kier molecular flexibility index (Phi) is 366. The van der Waals surface area contributed by atoms with E-state index in [-0.39, 0.29) is 0 Å². The first-order valence-electron chi connectivity index (χ1n) is 3.61. The Labute approximate surface area is 112 Å². The molecule has 0 aliphatic heterocycles. The summed E-state index contributed by atoms with van der Waals surface area (Å²) in [5, 5.41) is 3.13. The fraction of sp³-hybridized carbons (Fsp3) is 0.400. The van der Waals surface area contributed by atoms with Crippen molar-refractivity contribution in [1.82, 2.24) is 5.32 Å². The summed E-state index contributed by atoms with van der Waals surface area (Å²) in [5.74, 6) is 0. The molecule has 0 aromatic carbocycles. The van der Waals surface area contributed by atoms with Crippen LogP contribution in [-0.4, -0.2) is 11.1 Å². The predicted octanol–water partition coefficient (Wildman–Crippen LogP) is 0.495. The third kappa shape index (κ3) is 257. The molecule has 17 heavy (non-hydrogen) atoms. The van der Waals surface area contributed by atoms with Crippen molar-refractivity contribution < 1.29 is 42.6 Å². The van der Waals surface area contributed by atoms with Gasteiger partial charge in [-0.15, -0.1) is 0 Å². The van der Waals surface area contributed by atoms with Crippen LogP contribution in [0.4, 0.5) is 0 Å². The molecule has 0 fully saturated rings. The second-order valence-corrected chi connectivity index (χ2v) is 2.00. The molecule has 0 rings (SSSR count). The molecule has 0 aliphatic carbocycles. The predicted molar refractivity (Wildman–Crippen MR) is 48.6 cm³/mol. The number of hydrogen-bond acceptors (Lipinski definition) is 1. The Balaban J connectivity index is -0.0000000257. The summed E-state index contributed by atoms with van der Waals surface area (Å²) in [6, 6.07) is 0. The van der Waals surface area contributed by atoms with Gasteiger partial charge in [-0.25, -0.2) is 0 Å². The molecule has 0 bridgehead atoms. The fourth-order valence-electron chi connectivity index (χ4n) is 0.338. The monoisotopic (exact) mass is 323 g/mol. The SMILES string of the molecule is CCCCN[CH]=[Mo].[C-]#[O+].[C-]#[O+].[C-]#[O+].[C-]#[O+].[C-]#[O+]. The van der Waals surface area contributed by atoms with Crippen LogP contribution in [0.1, 0.15) is 19.8 Å². The molecule has 7 heteroatoms. The molecule has 0 saturated heterocycles. The van der Waals surface area contributed by atoms with E-state index in [2.05, 4.69) is 45.5 Å². The van der Waals surface area contributed by atoms with E-state index in [1.54, 1.807) is 0 Å². The van der Waals surface area contributed by atoms with Gasteiger partial charge in [0.05, 0.1) is 0 Å². The summed E-state index contributed by atoms with van der Waals surface area (Å²) < 4.78 is 39.5. The van der Waals surface area contributed by atoms with Crippen LogP contribution in [0.15, 0.2) is 0 Å². The van der Waals surface area contributed by atoms with Crippen LogP contribution in [0.5, 0.6) is 0 Å². The molecule has 0 heterocycles. The fourth-order valence-corrected chi connectivity index (χ4v) is 0.627. The summed E-state index contributed by atoms with van der Waals surface area (Å²) in [4.78, 5) is 0. The van der Waals surface area contributed by atoms with E-state index < -0.39 is 0 Å². The van der Waals surface area contributed by atoms with Crippen LogP contribution in [0.2, 0.25) is 0 Å². The molecule has 0 aromatic heterocycles. The second-order valence-electron chi connectivity index (χ2n) is 1.43. The number of rotatable bonds is 4. The molecule has 0 amide bonds. The van der Waals surface area contributed by atoms with Crippen LogP contribution in [-0.2, 0) is 42.6 Å². The minimum absolute atomic E-state index is 1.13. The Morgan fingerprint density at radius 2 is 1.18 bits per heavy atom. The second kappa shape index (κ2) is 173. The van der Waals surface area contributed by atoms with Gasteiger partial charge >= 0.3 is 112 Å². The number of hydrogen-bond donors (Lipinski definition) is 1. The average Bonchev–Trinajstić information content (AvgIpc) is 2.50. The molecule has 1 N–H and O–H groups in total. The van der Waals surface area contributed by atoms with Crippen LogP contribution >= 0.6 is 0 Å². The first kappa shape index (κ1) is 36.0. The van der Waals surface area contributed by atoms with Gasteiger partial charge in [0.15, 0.2) is 0 Å². The molecule has 0 saturated carbocycles. The van der Waals surface area contributed by atoms with E-state index in [1.165, 1.54) is 12.8 Å². The first-order valence-corrected chi connectivity index (χ1v) is 4.76. The molecular weight excluding hydrogens is 310 g/mol. The van der Waals surface area contributed by atoms with E-state index in [0.29, 0.717) is 0 Å².